The summed E-state index contributed by atoms with van der Waals surface area (Å²) in [5, 5.41) is 14.0. The van der Waals surface area contributed by atoms with E-state index in [1.54, 1.807) is 25.3 Å². The summed E-state index contributed by atoms with van der Waals surface area (Å²) in [6.45, 7) is 6.86. The SMILES string of the molecule is CCNC(=NCC(C)(O)c1ccco1)N1CCC(Cc2ccccc2)C1. The number of nitrogens with zero attached hydrogens (tertiary/aromatic N) is 2. The Morgan fingerprint density at radius 2 is 2.12 bits per heavy atom. The molecule has 2 heterocycles. The van der Waals surface area contributed by atoms with E-state index >= 15 is 0 Å². The maximum absolute atomic E-state index is 10.6. The van der Waals surface area contributed by atoms with E-state index in [2.05, 4.69) is 52.5 Å². The van der Waals surface area contributed by atoms with Crippen molar-refractivity contribution in [2.45, 2.75) is 32.3 Å². The minimum absolute atomic E-state index is 0.267. The van der Waals surface area contributed by atoms with Crippen LogP contribution in [0, 0.1) is 5.92 Å². The monoisotopic (exact) mass is 355 g/mol. The Morgan fingerprint density at radius 3 is 2.81 bits per heavy atom. The van der Waals surface area contributed by atoms with Crippen LogP contribution in [0.2, 0.25) is 0 Å². The summed E-state index contributed by atoms with van der Waals surface area (Å²) in [5.74, 6) is 2.04. The average Bonchev–Trinajstić information content (AvgIpc) is 3.32. The molecule has 2 atom stereocenters. The second-order valence-corrected chi connectivity index (χ2v) is 7.21. The van der Waals surface area contributed by atoms with Crippen LogP contribution in [0.25, 0.3) is 0 Å². The van der Waals surface area contributed by atoms with Crippen molar-refractivity contribution in [2.24, 2.45) is 10.9 Å². The molecular formula is C21H29N3O2. The van der Waals surface area contributed by atoms with Gasteiger partial charge in [-0.1, -0.05) is 30.3 Å². The fourth-order valence-electron chi connectivity index (χ4n) is 3.46. The van der Waals surface area contributed by atoms with Crippen molar-refractivity contribution >= 4 is 5.96 Å². The standard InChI is InChI=1S/C21H29N3O2/c1-3-22-20(23-16-21(2,25)19-10-7-13-26-19)24-12-11-18(15-24)14-17-8-5-4-6-9-17/h4-10,13,18,25H,3,11-12,14-16H2,1-2H3,(H,22,23). The van der Waals surface area contributed by atoms with Gasteiger partial charge in [0.1, 0.15) is 11.4 Å². The third-order valence-electron chi connectivity index (χ3n) is 4.88. The Kier molecular flexibility index (Phi) is 5.99. The molecule has 0 spiro atoms. The molecule has 1 fully saturated rings. The van der Waals surface area contributed by atoms with E-state index in [4.69, 9.17) is 4.42 Å². The van der Waals surface area contributed by atoms with Crippen molar-refractivity contribution in [1.82, 2.24) is 10.2 Å². The average molecular weight is 355 g/mol. The highest BCUT2D eigenvalue weighted by Crippen LogP contribution is 2.23. The quantitative estimate of drug-likeness (QED) is 0.618. The van der Waals surface area contributed by atoms with Crippen LogP contribution in [-0.4, -0.2) is 42.1 Å². The van der Waals surface area contributed by atoms with Gasteiger partial charge >= 0.3 is 0 Å². The molecule has 1 aromatic carbocycles. The van der Waals surface area contributed by atoms with E-state index in [0.29, 0.717) is 11.7 Å². The Hall–Kier alpha value is -2.27. The molecule has 0 amide bonds. The number of nitrogens with one attached hydrogen (secondary N) is 1. The van der Waals surface area contributed by atoms with Gasteiger partial charge in [-0.05, 0) is 50.3 Å². The van der Waals surface area contributed by atoms with Gasteiger partial charge in [-0.25, -0.2) is 4.99 Å². The van der Waals surface area contributed by atoms with Gasteiger partial charge in [-0.2, -0.15) is 0 Å². The molecule has 2 unspecified atom stereocenters. The first-order chi connectivity index (χ1) is 12.6. The highest BCUT2D eigenvalue weighted by atomic mass is 16.4. The van der Waals surface area contributed by atoms with E-state index < -0.39 is 5.60 Å². The first-order valence-electron chi connectivity index (χ1n) is 9.42. The molecule has 1 aliphatic heterocycles. The summed E-state index contributed by atoms with van der Waals surface area (Å²) < 4.78 is 5.35. The predicted octanol–water partition coefficient (Wildman–Crippen LogP) is 3.02. The molecule has 140 valence electrons. The lowest BCUT2D eigenvalue weighted by atomic mass is 9.99. The van der Waals surface area contributed by atoms with Crippen LogP contribution in [0.1, 0.15) is 31.6 Å². The molecule has 1 aliphatic rings. The number of hydrogen-bond donors (Lipinski definition) is 2. The fraction of sp³-hybridized carbons (Fsp3) is 0.476. The van der Waals surface area contributed by atoms with Gasteiger partial charge in [0.2, 0.25) is 0 Å². The minimum Gasteiger partial charge on any atom is -0.466 e. The summed E-state index contributed by atoms with van der Waals surface area (Å²) in [7, 11) is 0. The van der Waals surface area contributed by atoms with Gasteiger partial charge in [0, 0.05) is 19.6 Å². The Morgan fingerprint density at radius 1 is 1.31 bits per heavy atom. The van der Waals surface area contributed by atoms with Gasteiger partial charge in [0.25, 0.3) is 0 Å². The van der Waals surface area contributed by atoms with Crippen molar-refractivity contribution in [2.75, 3.05) is 26.2 Å². The Balaban J connectivity index is 1.62. The first-order valence-corrected chi connectivity index (χ1v) is 9.42. The van der Waals surface area contributed by atoms with E-state index in [9.17, 15) is 5.11 Å². The zero-order valence-corrected chi connectivity index (χ0v) is 15.7. The van der Waals surface area contributed by atoms with Crippen molar-refractivity contribution in [3.8, 4) is 0 Å². The van der Waals surface area contributed by atoms with Gasteiger partial charge < -0.3 is 19.7 Å². The lowest BCUT2D eigenvalue weighted by molar-refractivity contribution is 0.0435. The third kappa shape index (κ3) is 4.67. The number of benzene rings is 1. The van der Waals surface area contributed by atoms with Gasteiger partial charge in [-0.15, -0.1) is 0 Å². The lowest BCUT2D eigenvalue weighted by Gasteiger charge is -2.24. The second kappa shape index (κ2) is 8.41. The third-order valence-corrected chi connectivity index (χ3v) is 4.88. The number of aliphatic hydroxyl groups is 1. The maximum atomic E-state index is 10.6. The number of rotatable bonds is 6. The molecule has 3 rings (SSSR count). The van der Waals surface area contributed by atoms with Crippen molar-refractivity contribution in [1.29, 1.82) is 0 Å². The number of guanidine groups is 1. The second-order valence-electron chi connectivity index (χ2n) is 7.21. The molecule has 5 heteroatoms. The van der Waals surface area contributed by atoms with Crippen LogP contribution in [0.15, 0.2) is 58.1 Å². The zero-order chi connectivity index (χ0) is 18.4. The topological polar surface area (TPSA) is 61.0 Å². The molecule has 0 aliphatic carbocycles. The van der Waals surface area contributed by atoms with Crippen molar-refractivity contribution in [3.63, 3.8) is 0 Å². The van der Waals surface area contributed by atoms with Crippen LogP contribution in [0.4, 0.5) is 0 Å². The molecule has 2 N–H and O–H groups in total. The van der Waals surface area contributed by atoms with Crippen molar-refractivity contribution < 1.29 is 9.52 Å². The van der Waals surface area contributed by atoms with Crippen LogP contribution >= 0.6 is 0 Å². The molecular weight excluding hydrogens is 326 g/mol. The first kappa shape index (κ1) is 18.5. The molecule has 2 aromatic rings. The summed E-state index contributed by atoms with van der Waals surface area (Å²) in [6, 6.07) is 14.2. The van der Waals surface area contributed by atoms with E-state index in [1.807, 2.05) is 0 Å². The largest absolute Gasteiger partial charge is 0.466 e. The molecule has 0 radical (unpaired) electrons. The summed E-state index contributed by atoms with van der Waals surface area (Å²) in [4.78, 5) is 6.99. The number of furan rings is 1. The van der Waals surface area contributed by atoms with Crippen LogP contribution in [0.3, 0.4) is 0 Å². The minimum atomic E-state index is -1.10. The summed E-state index contributed by atoms with van der Waals surface area (Å²) in [6.07, 6.45) is 3.84. The highest BCUT2D eigenvalue weighted by molar-refractivity contribution is 5.80. The highest BCUT2D eigenvalue weighted by Gasteiger charge is 2.28. The predicted molar refractivity (Wildman–Crippen MR) is 104 cm³/mol. The van der Waals surface area contributed by atoms with Crippen LogP contribution < -0.4 is 5.32 Å². The van der Waals surface area contributed by atoms with E-state index in [-0.39, 0.29) is 6.54 Å². The number of hydrogen-bond acceptors (Lipinski definition) is 3. The molecule has 5 nitrogen and oxygen atoms in total. The smallest absolute Gasteiger partial charge is 0.194 e. The molecule has 0 bridgehead atoms. The summed E-state index contributed by atoms with van der Waals surface area (Å²) in [5.41, 5.74) is 0.287. The number of aliphatic imine (C=N–C) groups is 1. The van der Waals surface area contributed by atoms with E-state index in [0.717, 1.165) is 38.4 Å². The molecule has 26 heavy (non-hydrogen) atoms. The van der Waals surface area contributed by atoms with E-state index in [1.165, 1.54) is 5.56 Å². The molecule has 0 saturated carbocycles. The van der Waals surface area contributed by atoms with Crippen LogP contribution in [-0.2, 0) is 12.0 Å². The van der Waals surface area contributed by atoms with Crippen LogP contribution in [0.5, 0.6) is 0 Å². The summed E-state index contributed by atoms with van der Waals surface area (Å²) >= 11 is 0. The van der Waals surface area contributed by atoms with Gasteiger partial charge in [-0.3, -0.25) is 0 Å². The van der Waals surface area contributed by atoms with Gasteiger partial charge in [0.05, 0.1) is 12.8 Å². The Bertz CT molecular complexity index is 695. The lowest BCUT2D eigenvalue weighted by Crippen LogP contribution is -2.41. The number of likely N-dealkylation sites (tertiary alicyclic amines) is 1. The van der Waals surface area contributed by atoms with Gasteiger partial charge in [0.15, 0.2) is 5.96 Å². The maximum Gasteiger partial charge on any atom is 0.194 e. The Labute approximate surface area is 155 Å². The molecule has 1 aromatic heterocycles. The fourth-order valence-corrected chi connectivity index (χ4v) is 3.46. The van der Waals surface area contributed by atoms with Crippen molar-refractivity contribution in [3.05, 3.63) is 60.1 Å². The zero-order valence-electron chi connectivity index (χ0n) is 15.7. The normalized spacial score (nSPS) is 20.2. The molecule has 1 saturated heterocycles.